The van der Waals surface area contributed by atoms with E-state index in [1.807, 2.05) is 59.5 Å². The molecule has 0 radical (unpaired) electrons. The number of ether oxygens (including phenoxy) is 1. The topological polar surface area (TPSA) is 68.5 Å². The summed E-state index contributed by atoms with van der Waals surface area (Å²) in [5.41, 5.74) is 1.89. The highest BCUT2D eigenvalue weighted by atomic mass is 16.5. The van der Waals surface area contributed by atoms with Crippen molar-refractivity contribution in [3.63, 3.8) is 0 Å². The molecule has 132 valence electrons. The van der Waals surface area contributed by atoms with Gasteiger partial charge in [0.1, 0.15) is 11.9 Å². The Morgan fingerprint density at radius 2 is 1.88 bits per heavy atom. The quantitative estimate of drug-likeness (QED) is 0.708. The van der Waals surface area contributed by atoms with Gasteiger partial charge < -0.3 is 14.2 Å². The first kappa shape index (κ1) is 16.3. The Morgan fingerprint density at radius 1 is 1.15 bits per heavy atom. The zero-order valence-electron chi connectivity index (χ0n) is 14.5. The van der Waals surface area contributed by atoms with Crippen LogP contribution in [0.4, 0.5) is 0 Å². The Morgan fingerprint density at radius 3 is 2.54 bits per heavy atom. The van der Waals surface area contributed by atoms with Crippen molar-refractivity contribution in [2.24, 2.45) is 0 Å². The molecule has 1 aliphatic rings. The maximum absolute atomic E-state index is 12.2. The molecule has 1 fully saturated rings. The van der Waals surface area contributed by atoms with Gasteiger partial charge in [0.25, 0.3) is 5.89 Å². The van der Waals surface area contributed by atoms with Gasteiger partial charge in [-0.15, -0.1) is 0 Å². The van der Waals surface area contributed by atoms with Crippen molar-refractivity contribution in [3.8, 4) is 17.2 Å². The van der Waals surface area contributed by atoms with Gasteiger partial charge >= 0.3 is 0 Å². The Bertz CT molecular complexity index is 884. The molecule has 0 atom stereocenters. The zero-order chi connectivity index (χ0) is 17.9. The molecule has 0 spiro atoms. The molecule has 4 rings (SSSR count). The van der Waals surface area contributed by atoms with E-state index in [-0.39, 0.29) is 12.0 Å². The summed E-state index contributed by atoms with van der Waals surface area (Å²) in [4.78, 5) is 18.3. The highest BCUT2D eigenvalue weighted by molar-refractivity contribution is 5.79. The third kappa shape index (κ3) is 3.59. The van der Waals surface area contributed by atoms with Gasteiger partial charge in [-0.25, -0.2) is 0 Å². The van der Waals surface area contributed by atoms with Crippen LogP contribution in [0.5, 0.6) is 5.75 Å². The first-order valence-corrected chi connectivity index (χ1v) is 8.56. The molecule has 0 N–H and O–H groups in total. The summed E-state index contributed by atoms with van der Waals surface area (Å²) in [6.07, 6.45) is 0.470. The zero-order valence-corrected chi connectivity index (χ0v) is 14.5. The van der Waals surface area contributed by atoms with Crippen LogP contribution in [0.1, 0.15) is 11.4 Å². The fourth-order valence-corrected chi connectivity index (χ4v) is 2.88. The van der Waals surface area contributed by atoms with Gasteiger partial charge in [0.2, 0.25) is 5.91 Å². The van der Waals surface area contributed by atoms with E-state index >= 15 is 0 Å². The third-order valence-electron chi connectivity index (χ3n) is 4.33. The molecule has 1 saturated heterocycles. The van der Waals surface area contributed by atoms with Gasteiger partial charge in [-0.1, -0.05) is 35.5 Å². The third-order valence-corrected chi connectivity index (χ3v) is 4.33. The predicted octanol–water partition coefficient (Wildman–Crippen LogP) is 2.88. The Balaban J connectivity index is 1.28. The molecule has 0 aliphatic carbocycles. The molecule has 26 heavy (non-hydrogen) atoms. The molecule has 1 amide bonds. The normalized spacial score (nSPS) is 14.1. The minimum atomic E-state index is 0.0335. The lowest BCUT2D eigenvalue weighted by molar-refractivity contribution is -0.139. The number of rotatable bonds is 5. The van der Waals surface area contributed by atoms with Crippen molar-refractivity contribution in [3.05, 3.63) is 66.0 Å². The standard InChI is InChI=1S/C20H19N3O3/c1-14-21-20(26-22-14)16-7-9-17(10-8-16)25-18-12-23(13-18)19(24)11-15-5-3-2-4-6-15/h2-10,18H,11-13H2,1H3. The Hall–Kier alpha value is -3.15. The monoisotopic (exact) mass is 349 g/mol. The molecular formula is C20H19N3O3. The van der Waals surface area contributed by atoms with Crippen molar-refractivity contribution in [2.75, 3.05) is 13.1 Å². The lowest BCUT2D eigenvalue weighted by atomic mass is 10.1. The van der Waals surface area contributed by atoms with Crippen molar-refractivity contribution in [2.45, 2.75) is 19.4 Å². The highest BCUT2D eigenvalue weighted by Gasteiger charge is 2.32. The van der Waals surface area contributed by atoms with Crippen LogP contribution < -0.4 is 4.74 Å². The number of aromatic nitrogens is 2. The van der Waals surface area contributed by atoms with Gasteiger partial charge in [0.15, 0.2) is 5.82 Å². The molecule has 0 unspecified atom stereocenters. The van der Waals surface area contributed by atoms with E-state index in [0.717, 1.165) is 16.9 Å². The van der Waals surface area contributed by atoms with E-state index in [1.54, 1.807) is 6.92 Å². The molecule has 2 heterocycles. The highest BCUT2D eigenvalue weighted by Crippen LogP contribution is 2.23. The van der Waals surface area contributed by atoms with Crippen molar-refractivity contribution < 1.29 is 14.1 Å². The van der Waals surface area contributed by atoms with Crippen molar-refractivity contribution in [1.29, 1.82) is 0 Å². The van der Waals surface area contributed by atoms with Crippen LogP contribution in [0, 0.1) is 6.92 Å². The molecule has 1 aliphatic heterocycles. The lowest BCUT2D eigenvalue weighted by Crippen LogP contribution is -2.56. The largest absolute Gasteiger partial charge is 0.487 e. The molecule has 6 heteroatoms. The number of carbonyl (C=O) groups excluding carboxylic acids is 1. The number of hydrogen-bond acceptors (Lipinski definition) is 5. The summed E-state index contributed by atoms with van der Waals surface area (Å²) in [5.74, 6) is 2.01. The van der Waals surface area contributed by atoms with E-state index < -0.39 is 0 Å². The van der Waals surface area contributed by atoms with Crippen LogP contribution in [0.15, 0.2) is 59.1 Å². The fraction of sp³-hybridized carbons (Fsp3) is 0.250. The SMILES string of the molecule is Cc1noc(-c2ccc(OC3CN(C(=O)Cc4ccccc4)C3)cc2)n1. The van der Waals surface area contributed by atoms with Gasteiger partial charge in [-0.05, 0) is 36.8 Å². The van der Waals surface area contributed by atoms with Gasteiger partial charge in [-0.2, -0.15) is 4.98 Å². The van der Waals surface area contributed by atoms with Crippen molar-refractivity contribution in [1.82, 2.24) is 15.0 Å². The van der Waals surface area contributed by atoms with E-state index in [4.69, 9.17) is 9.26 Å². The summed E-state index contributed by atoms with van der Waals surface area (Å²) in [6.45, 7) is 3.03. The maximum Gasteiger partial charge on any atom is 0.257 e. The van der Waals surface area contributed by atoms with Crippen LogP contribution in [0.2, 0.25) is 0 Å². The van der Waals surface area contributed by atoms with E-state index in [1.165, 1.54) is 0 Å². The van der Waals surface area contributed by atoms with Crippen LogP contribution in [-0.2, 0) is 11.2 Å². The second kappa shape index (κ2) is 7.00. The van der Waals surface area contributed by atoms with Crippen LogP contribution in [0.25, 0.3) is 11.5 Å². The van der Waals surface area contributed by atoms with E-state index in [9.17, 15) is 4.79 Å². The van der Waals surface area contributed by atoms with Crippen LogP contribution in [0.3, 0.4) is 0 Å². The van der Waals surface area contributed by atoms with Crippen molar-refractivity contribution >= 4 is 5.91 Å². The molecule has 0 saturated carbocycles. The molecule has 1 aromatic heterocycles. The fourth-order valence-electron chi connectivity index (χ4n) is 2.88. The number of likely N-dealkylation sites (tertiary alicyclic amines) is 1. The number of amides is 1. The number of hydrogen-bond donors (Lipinski definition) is 0. The second-order valence-corrected chi connectivity index (χ2v) is 6.37. The van der Waals surface area contributed by atoms with E-state index in [2.05, 4.69) is 10.1 Å². The summed E-state index contributed by atoms with van der Waals surface area (Å²) in [5, 5.41) is 3.79. The lowest BCUT2D eigenvalue weighted by Gasteiger charge is -2.39. The van der Waals surface area contributed by atoms with Crippen LogP contribution >= 0.6 is 0 Å². The molecule has 6 nitrogen and oxygen atoms in total. The summed E-state index contributed by atoms with van der Waals surface area (Å²) < 4.78 is 11.1. The van der Waals surface area contributed by atoms with Crippen LogP contribution in [-0.4, -0.2) is 40.1 Å². The predicted molar refractivity (Wildman–Crippen MR) is 95.6 cm³/mol. The number of benzene rings is 2. The van der Waals surface area contributed by atoms with Gasteiger partial charge in [0.05, 0.1) is 19.5 Å². The number of carbonyl (C=O) groups is 1. The minimum Gasteiger partial charge on any atom is -0.487 e. The molecule has 2 aromatic carbocycles. The number of aryl methyl sites for hydroxylation is 1. The maximum atomic E-state index is 12.2. The summed E-state index contributed by atoms with van der Waals surface area (Å²) in [7, 11) is 0. The summed E-state index contributed by atoms with van der Waals surface area (Å²) in [6, 6.07) is 17.3. The average Bonchev–Trinajstić information content (AvgIpc) is 3.05. The average molecular weight is 349 g/mol. The van der Waals surface area contributed by atoms with Gasteiger partial charge in [0, 0.05) is 5.56 Å². The minimum absolute atomic E-state index is 0.0335. The first-order chi connectivity index (χ1) is 12.7. The molecule has 3 aromatic rings. The Kier molecular flexibility index (Phi) is 4.39. The summed E-state index contributed by atoms with van der Waals surface area (Å²) >= 11 is 0. The van der Waals surface area contributed by atoms with Gasteiger partial charge in [-0.3, -0.25) is 4.79 Å². The Labute approximate surface area is 151 Å². The van der Waals surface area contributed by atoms with E-state index in [0.29, 0.717) is 31.2 Å². The number of nitrogens with zero attached hydrogens (tertiary/aromatic N) is 3. The first-order valence-electron chi connectivity index (χ1n) is 8.56. The molecular weight excluding hydrogens is 330 g/mol. The second-order valence-electron chi connectivity index (χ2n) is 6.37. The molecule has 0 bridgehead atoms. The smallest absolute Gasteiger partial charge is 0.257 e.